The quantitative estimate of drug-likeness (QED) is 0.0235. The Hall–Kier alpha value is -5.20. The molecule has 0 saturated carbocycles. The molecule has 3 aliphatic heterocycles. The van der Waals surface area contributed by atoms with Crippen molar-refractivity contribution < 1.29 is 117 Å². The summed E-state index contributed by atoms with van der Waals surface area (Å²) in [5.41, 5.74) is 0. The van der Waals surface area contributed by atoms with E-state index in [0.29, 0.717) is 0 Å². The fraction of sp³-hybridized carbons (Fsp3) is 0.733. The summed E-state index contributed by atoms with van der Waals surface area (Å²) in [6, 6.07) is -3.40. The van der Waals surface area contributed by atoms with Gasteiger partial charge in [0, 0.05) is 60.0 Å². The Kier molecular flexibility index (Phi) is 30.2. The topological polar surface area (TPSA) is 443 Å². The van der Waals surface area contributed by atoms with Crippen molar-refractivity contribution in [3.63, 3.8) is 0 Å². The van der Waals surface area contributed by atoms with Gasteiger partial charge in [0.15, 0.2) is 18.9 Å². The summed E-state index contributed by atoms with van der Waals surface area (Å²) in [5.74, 6) is -1.55. The molecular weight excluding hydrogens is 1020 g/mol. The fourth-order valence-electron chi connectivity index (χ4n) is 7.51. The van der Waals surface area contributed by atoms with E-state index >= 15 is 0 Å². The van der Waals surface area contributed by atoms with E-state index in [4.69, 9.17) is 42.6 Å². The minimum absolute atomic E-state index is 0.0549. The predicted octanol–water partition coefficient (Wildman–Crippen LogP) is -6.98. The third-order valence-corrected chi connectivity index (χ3v) is 11.3. The van der Waals surface area contributed by atoms with Crippen molar-refractivity contribution in [2.75, 3.05) is 98.7 Å². The first kappa shape index (κ1) is 65.1. The van der Waals surface area contributed by atoms with Crippen LogP contribution in [0.3, 0.4) is 0 Å². The van der Waals surface area contributed by atoms with Crippen LogP contribution < -0.4 is 31.9 Å². The summed E-state index contributed by atoms with van der Waals surface area (Å²) in [7, 11) is 0. The molecule has 0 aromatic carbocycles. The highest BCUT2D eigenvalue weighted by Gasteiger charge is 2.47. The molecule has 15 atom stereocenters. The molecule has 6 amide bonds. The zero-order valence-electron chi connectivity index (χ0n) is 42.3. The lowest BCUT2D eigenvalue weighted by atomic mass is 9.97. The summed E-state index contributed by atoms with van der Waals surface area (Å²) < 4.78 is 48.7. The second-order valence-electron chi connectivity index (χ2n) is 17.1. The lowest BCUT2D eigenvalue weighted by molar-refractivity contribution is -0.267. The third kappa shape index (κ3) is 22.8. The molecule has 3 heterocycles. The smallest absolute Gasteiger partial charge is 0.407 e. The minimum Gasteiger partial charge on any atom is -0.445 e. The number of amides is 6. The first-order valence-electron chi connectivity index (χ1n) is 24.2. The Bertz CT molecular complexity index is 1670. The van der Waals surface area contributed by atoms with Crippen molar-refractivity contribution >= 4 is 36.0 Å². The second-order valence-corrected chi connectivity index (χ2v) is 17.1. The molecule has 3 aliphatic rings. The van der Waals surface area contributed by atoms with Gasteiger partial charge in [-0.2, -0.15) is 0 Å². The molecular formula is C45H75N7O24. The van der Waals surface area contributed by atoms with E-state index in [1.54, 1.807) is 4.90 Å². The van der Waals surface area contributed by atoms with Crippen molar-refractivity contribution in [2.45, 2.75) is 113 Å². The SMILES string of the molecule is CC(=O)N[C@H]1[C@H](OC/C=C\COC(=O)NCCN(CCNC(=O)OC/C=C\CO[C@@H]2O[C@H](CO)[C@@H](O)[C@H](O)[C@H]2NC(C)=O)CCNC(=O)OC/C=C\CO[C@@H]2O[C@H](CO)[C@@H](O)[C@H](O)[C@H]2NC(C)=O)O[C@H](CO)[C@@H](O)[C@@H]1O. The largest absolute Gasteiger partial charge is 0.445 e. The average Bonchev–Trinajstić information content (AvgIpc) is 3.37. The molecule has 3 fully saturated rings. The molecule has 0 aliphatic carbocycles. The molecule has 0 bridgehead atoms. The molecule has 0 aromatic heterocycles. The normalized spacial score (nSPS) is 29.7. The number of nitrogens with zero attached hydrogens (tertiary/aromatic N) is 1. The minimum atomic E-state index is -1.49. The number of alkyl carbamates (subject to hydrolysis) is 3. The number of rotatable bonds is 30. The van der Waals surface area contributed by atoms with Crippen molar-refractivity contribution in [1.82, 2.24) is 36.8 Å². The first-order chi connectivity index (χ1) is 36.3. The zero-order chi connectivity index (χ0) is 56.2. The second kappa shape index (κ2) is 35.3. The summed E-state index contributed by atoms with van der Waals surface area (Å²) in [6.07, 6.45) is -9.65. The average molecular weight is 1100 g/mol. The van der Waals surface area contributed by atoms with Crippen LogP contribution in [0.4, 0.5) is 14.4 Å². The standard InChI is InChI=1S/C45H75N7O24/c1-25(56)49-31-37(62)34(59)28(22-53)74-40(31)68-16-4-7-19-71-43(65)46-10-13-52(14-11-47-44(66)72-20-8-5-17-69-41-32(50-26(2)57)38(63)35(60)29(23-54)75-41)15-12-48-45(67)73-21-9-6-18-70-42-33(51-27(3)58)39(64)36(61)30(24-55)76-42/h4-9,28-42,53-55,59-64H,10-24H2,1-3H3,(H,46,65)(H,47,66)(H,48,67)(H,49,56)(H,50,57)(H,51,58)/b7-4-,8-5-,9-6-/t28-,29-,30-,31-,32-,33-,34-,35-,36-,37-,38-,39-,40-,41-,42-/m1/s1. The Balaban J connectivity index is 1.45. The Morgan fingerprint density at radius 2 is 0.671 bits per heavy atom. The maximum atomic E-state index is 12.5. The van der Waals surface area contributed by atoms with Crippen LogP contribution in [-0.2, 0) is 57.0 Å². The number of aliphatic hydroxyl groups excluding tert-OH is 9. The predicted molar refractivity (Wildman–Crippen MR) is 256 cm³/mol. The monoisotopic (exact) mass is 1100 g/mol. The van der Waals surface area contributed by atoms with Crippen molar-refractivity contribution in [3.8, 4) is 0 Å². The zero-order valence-corrected chi connectivity index (χ0v) is 42.3. The van der Waals surface area contributed by atoms with Gasteiger partial charge < -0.3 is 120 Å². The van der Waals surface area contributed by atoms with Gasteiger partial charge in [-0.15, -0.1) is 0 Å². The van der Waals surface area contributed by atoms with Gasteiger partial charge in [-0.05, 0) is 18.2 Å². The first-order valence-corrected chi connectivity index (χ1v) is 24.2. The van der Waals surface area contributed by atoms with Crippen LogP contribution in [0.1, 0.15) is 20.8 Å². The molecule has 31 heteroatoms. The number of hydrogen-bond acceptors (Lipinski definition) is 25. The van der Waals surface area contributed by atoms with Crippen LogP contribution in [0.2, 0.25) is 0 Å². The summed E-state index contributed by atoms with van der Waals surface area (Å²) in [5, 5.41) is 105. The molecule has 0 unspecified atom stereocenters. The number of aliphatic hydroxyl groups is 9. The van der Waals surface area contributed by atoms with Crippen molar-refractivity contribution in [3.05, 3.63) is 36.5 Å². The fourth-order valence-corrected chi connectivity index (χ4v) is 7.51. The summed E-state index contributed by atoms with van der Waals surface area (Å²) in [6.45, 7) is 1.58. The summed E-state index contributed by atoms with van der Waals surface area (Å²) in [4.78, 5) is 74.1. The number of carbonyl (C=O) groups excluding carboxylic acids is 6. The van der Waals surface area contributed by atoms with E-state index in [2.05, 4.69) is 31.9 Å². The van der Waals surface area contributed by atoms with Gasteiger partial charge in [0.2, 0.25) is 17.7 Å². The van der Waals surface area contributed by atoms with Gasteiger partial charge in [-0.3, -0.25) is 19.3 Å². The summed E-state index contributed by atoms with van der Waals surface area (Å²) >= 11 is 0. The molecule has 31 nitrogen and oxygen atoms in total. The van der Waals surface area contributed by atoms with Crippen molar-refractivity contribution in [2.24, 2.45) is 0 Å². The lowest BCUT2D eigenvalue weighted by Crippen LogP contribution is -2.64. The molecule has 3 saturated heterocycles. The van der Waals surface area contributed by atoms with E-state index in [1.807, 2.05) is 0 Å². The van der Waals surface area contributed by atoms with Crippen LogP contribution in [0.25, 0.3) is 0 Å². The maximum Gasteiger partial charge on any atom is 0.407 e. The molecule has 0 radical (unpaired) electrons. The van der Waals surface area contributed by atoms with Gasteiger partial charge in [-0.25, -0.2) is 14.4 Å². The van der Waals surface area contributed by atoms with Gasteiger partial charge in [0.05, 0.1) is 39.6 Å². The van der Waals surface area contributed by atoms with Gasteiger partial charge in [0.25, 0.3) is 0 Å². The highest BCUT2D eigenvalue weighted by Crippen LogP contribution is 2.25. The van der Waals surface area contributed by atoms with Gasteiger partial charge in [-0.1, -0.05) is 18.2 Å². The number of hydrogen-bond donors (Lipinski definition) is 15. The van der Waals surface area contributed by atoms with Crippen LogP contribution in [0.15, 0.2) is 36.5 Å². The highest BCUT2D eigenvalue weighted by atomic mass is 16.7. The van der Waals surface area contributed by atoms with Crippen LogP contribution in [0.5, 0.6) is 0 Å². The van der Waals surface area contributed by atoms with E-state index in [0.717, 1.165) is 0 Å². The maximum absolute atomic E-state index is 12.5. The molecule has 434 valence electrons. The van der Waals surface area contributed by atoms with Crippen LogP contribution in [0, 0.1) is 0 Å². The molecule has 3 rings (SSSR count). The Morgan fingerprint density at radius 3 is 0.908 bits per heavy atom. The number of nitrogens with one attached hydrogen (secondary N) is 6. The van der Waals surface area contributed by atoms with Crippen molar-refractivity contribution in [1.29, 1.82) is 0 Å². The van der Waals surface area contributed by atoms with Gasteiger partial charge in [0.1, 0.15) is 92.9 Å². The number of ether oxygens (including phenoxy) is 9. The Labute approximate surface area is 437 Å². The van der Waals surface area contributed by atoms with E-state index in [9.17, 15) is 74.7 Å². The molecule has 76 heavy (non-hydrogen) atoms. The Morgan fingerprint density at radius 1 is 0.421 bits per heavy atom. The number of carbonyl (C=O) groups is 6. The van der Waals surface area contributed by atoms with Gasteiger partial charge >= 0.3 is 18.3 Å². The molecule has 15 N–H and O–H groups in total. The third-order valence-electron chi connectivity index (χ3n) is 11.3. The van der Waals surface area contributed by atoms with E-state index in [-0.39, 0.29) is 78.9 Å². The van der Waals surface area contributed by atoms with E-state index < -0.39 is 148 Å². The molecule has 0 aromatic rings. The van der Waals surface area contributed by atoms with Crippen LogP contribution >= 0.6 is 0 Å². The van der Waals surface area contributed by atoms with E-state index in [1.165, 1.54) is 57.2 Å². The highest BCUT2D eigenvalue weighted by molar-refractivity contribution is 5.74. The lowest BCUT2D eigenvalue weighted by Gasteiger charge is -2.42. The van der Waals surface area contributed by atoms with Crippen LogP contribution in [-0.4, -0.2) is 278 Å². The molecule has 0 spiro atoms.